The molecule has 0 aromatic heterocycles. The van der Waals surface area contributed by atoms with Crippen LogP contribution in [-0.2, 0) is 0 Å². The summed E-state index contributed by atoms with van der Waals surface area (Å²) in [5.41, 5.74) is 3.68. The van der Waals surface area contributed by atoms with Gasteiger partial charge in [-0.2, -0.15) is 0 Å². The third-order valence-electron chi connectivity index (χ3n) is 9.11. The molecule has 164 valence electrons. The van der Waals surface area contributed by atoms with Gasteiger partial charge in [0.15, 0.2) is 0 Å². The van der Waals surface area contributed by atoms with Gasteiger partial charge < -0.3 is 0 Å². The lowest BCUT2D eigenvalue weighted by Gasteiger charge is -2.47. The molecule has 0 aromatic carbocycles. The molecule has 0 nitrogen and oxygen atoms in total. The normalized spacial score (nSPS) is 35.4. The second kappa shape index (κ2) is 8.33. The summed E-state index contributed by atoms with van der Waals surface area (Å²) in [7, 11) is 0. The number of hydrogen-bond donors (Lipinski definition) is 0. The fourth-order valence-electron chi connectivity index (χ4n) is 7.53. The molecule has 0 saturated heterocycles. The molecule has 0 spiro atoms. The first kappa shape index (κ1) is 21.9. The van der Waals surface area contributed by atoms with Crippen LogP contribution >= 0.6 is 0 Å². The van der Waals surface area contributed by atoms with Crippen LogP contribution in [0.1, 0.15) is 79.6 Å². The Kier molecular flexibility index (Phi) is 6.08. The smallest absolute Gasteiger partial charge is 0.00952 e. The lowest BCUT2D eigenvalue weighted by atomic mass is 9.57. The minimum Gasteiger partial charge on any atom is -0.103 e. The third-order valence-corrected chi connectivity index (χ3v) is 9.11. The highest BCUT2D eigenvalue weighted by Gasteiger charge is 2.56. The molecular formula is C30H44. The molecule has 0 heteroatoms. The highest BCUT2D eigenvalue weighted by Crippen LogP contribution is 2.63. The molecule has 0 aliphatic heterocycles. The Hall–Kier alpha value is -1.30. The van der Waals surface area contributed by atoms with Crippen molar-refractivity contribution in [1.82, 2.24) is 0 Å². The van der Waals surface area contributed by atoms with Crippen molar-refractivity contribution in [2.45, 2.75) is 79.6 Å². The largest absolute Gasteiger partial charge is 0.103 e. The highest BCUT2D eigenvalue weighted by atomic mass is 14.6. The van der Waals surface area contributed by atoms with Gasteiger partial charge in [-0.3, -0.25) is 0 Å². The lowest BCUT2D eigenvalue weighted by molar-refractivity contribution is 0.0425. The van der Waals surface area contributed by atoms with Gasteiger partial charge >= 0.3 is 0 Å². The van der Waals surface area contributed by atoms with E-state index in [0.717, 1.165) is 18.3 Å². The van der Waals surface area contributed by atoms with E-state index in [4.69, 9.17) is 0 Å². The summed E-state index contributed by atoms with van der Waals surface area (Å²) in [4.78, 5) is 0. The van der Waals surface area contributed by atoms with Crippen LogP contribution in [-0.4, -0.2) is 0 Å². The van der Waals surface area contributed by atoms with Gasteiger partial charge in [-0.05, 0) is 90.9 Å². The van der Waals surface area contributed by atoms with Gasteiger partial charge in [0.05, 0.1) is 0 Å². The Morgan fingerprint density at radius 3 is 2.20 bits per heavy atom. The standard InChI is InChI=1S/C30H44/c1-7-8-11-18-30(6,22-12-9-10-13-22)28-26-19-21(2)14-16-24(26)25-17-15-23(20-27(25)28)29(3,4)5/h7,14-17,19-20,22,24-28H,1,8-13,18H2,2-6H3. The quantitative estimate of drug-likeness (QED) is 0.307. The van der Waals surface area contributed by atoms with Crippen molar-refractivity contribution in [3.63, 3.8) is 0 Å². The van der Waals surface area contributed by atoms with E-state index in [9.17, 15) is 0 Å². The molecule has 0 radical (unpaired) electrons. The molecule has 6 atom stereocenters. The second-order valence-electron chi connectivity index (χ2n) is 12.0. The Labute approximate surface area is 186 Å². The fraction of sp³-hybridized carbons (Fsp3) is 0.667. The predicted molar refractivity (Wildman–Crippen MR) is 131 cm³/mol. The summed E-state index contributed by atoms with van der Waals surface area (Å²) in [6, 6.07) is 0. The van der Waals surface area contributed by atoms with Crippen molar-refractivity contribution in [3.8, 4) is 0 Å². The average Bonchev–Trinajstić information content (AvgIpc) is 3.33. The van der Waals surface area contributed by atoms with Crippen LogP contribution in [0.15, 0.2) is 60.3 Å². The first-order valence-corrected chi connectivity index (χ1v) is 12.6. The zero-order chi connectivity index (χ0) is 21.5. The van der Waals surface area contributed by atoms with Crippen LogP contribution in [0.4, 0.5) is 0 Å². The van der Waals surface area contributed by atoms with E-state index < -0.39 is 0 Å². The Morgan fingerprint density at radius 2 is 1.57 bits per heavy atom. The van der Waals surface area contributed by atoms with Crippen molar-refractivity contribution in [1.29, 1.82) is 0 Å². The van der Waals surface area contributed by atoms with Crippen molar-refractivity contribution < 1.29 is 0 Å². The lowest BCUT2D eigenvalue weighted by Crippen LogP contribution is -2.40. The summed E-state index contributed by atoms with van der Waals surface area (Å²) >= 11 is 0. The van der Waals surface area contributed by atoms with Crippen LogP contribution < -0.4 is 0 Å². The maximum atomic E-state index is 4.02. The van der Waals surface area contributed by atoms with Crippen LogP contribution in [0.25, 0.3) is 0 Å². The molecule has 0 N–H and O–H groups in total. The molecule has 2 saturated carbocycles. The number of allylic oxidation sites excluding steroid dienone is 9. The van der Waals surface area contributed by atoms with E-state index in [1.165, 1.54) is 44.1 Å². The summed E-state index contributed by atoms with van der Waals surface area (Å²) < 4.78 is 0. The topological polar surface area (TPSA) is 0 Å². The number of fused-ring (bicyclic) bond motifs is 3. The van der Waals surface area contributed by atoms with Gasteiger partial charge in [-0.15, -0.1) is 6.58 Å². The first-order chi connectivity index (χ1) is 14.3. The van der Waals surface area contributed by atoms with Crippen molar-refractivity contribution in [2.75, 3.05) is 0 Å². The molecule has 4 aliphatic carbocycles. The van der Waals surface area contributed by atoms with Gasteiger partial charge in [-0.25, -0.2) is 0 Å². The van der Waals surface area contributed by atoms with Crippen LogP contribution in [0.3, 0.4) is 0 Å². The van der Waals surface area contributed by atoms with Gasteiger partial charge in [0, 0.05) is 0 Å². The van der Waals surface area contributed by atoms with Crippen molar-refractivity contribution in [2.24, 2.45) is 46.3 Å². The predicted octanol–water partition coefficient (Wildman–Crippen LogP) is 8.69. The minimum absolute atomic E-state index is 0.230. The van der Waals surface area contributed by atoms with E-state index in [-0.39, 0.29) is 5.41 Å². The summed E-state index contributed by atoms with van der Waals surface area (Å²) in [5.74, 6) is 4.37. The minimum atomic E-state index is 0.230. The third kappa shape index (κ3) is 3.85. The Balaban J connectivity index is 1.78. The summed E-state index contributed by atoms with van der Waals surface area (Å²) in [6.45, 7) is 16.2. The van der Waals surface area contributed by atoms with Gasteiger partial charge in [-0.1, -0.05) is 88.6 Å². The second-order valence-corrected chi connectivity index (χ2v) is 12.0. The maximum absolute atomic E-state index is 4.02. The number of unbranched alkanes of at least 4 members (excludes halogenated alkanes) is 1. The average molecular weight is 405 g/mol. The highest BCUT2D eigenvalue weighted by molar-refractivity contribution is 5.37. The van der Waals surface area contributed by atoms with Crippen LogP contribution in [0.2, 0.25) is 0 Å². The number of rotatable bonds is 6. The van der Waals surface area contributed by atoms with E-state index in [1.807, 2.05) is 0 Å². The van der Waals surface area contributed by atoms with Gasteiger partial charge in [0.25, 0.3) is 0 Å². The zero-order valence-corrected chi connectivity index (χ0v) is 20.2. The molecule has 4 rings (SSSR count). The summed E-state index contributed by atoms with van der Waals surface area (Å²) in [6.07, 6.45) is 27.1. The SMILES string of the molecule is C=CCCCC(C)(C1CCCC1)C1C2C=C(C)C=CC2C2C=CC(C(C)(C)C)=CC21. The van der Waals surface area contributed by atoms with Crippen LogP contribution in [0, 0.1) is 46.3 Å². The number of hydrogen-bond acceptors (Lipinski definition) is 0. The molecule has 0 aromatic rings. The van der Waals surface area contributed by atoms with Gasteiger partial charge in [0.2, 0.25) is 0 Å². The Morgan fingerprint density at radius 1 is 0.933 bits per heavy atom. The molecule has 0 heterocycles. The zero-order valence-electron chi connectivity index (χ0n) is 20.2. The van der Waals surface area contributed by atoms with E-state index in [2.05, 4.69) is 83.7 Å². The van der Waals surface area contributed by atoms with E-state index >= 15 is 0 Å². The van der Waals surface area contributed by atoms with Gasteiger partial charge in [0.1, 0.15) is 0 Å². The van der Waals surface area contributed by atoms with Crippen molar-refractivity contribution in [3.05, 3.63) is 60.3 Å². The monoisotopic (exact) mass is 404 g/mol. The van der Waals surface area contributed by atoms with E-state index in [0.29, 0.717) is 29.1 Å². The van der Waals surface area contributed by atoms with Crippen LogP contribution in [0.5, 0.6) is 0 Å². The molecule has 6 unspecified atom stereocenters. The summed E-state index contributed by atoms with van der Waals surface area (Å²) in [5, 5.41) is 0. The molecule has 4 aliphatic rings. The Bertz CT molecular complexity index is 760. The maximum Gasteiger partial charge on any atom is -0.00952 e. The molecule has 2 fully saturated rings. The van der Waals surface area contributed by atoms with Crippen molar-refractivity contribution >= 4 is 0 Å². The molecule has 0 bridgehead atoms. The molecule has 0 amide bonds. The molecule has 30 heavy (non-hydrogen) atoms. The first-order valence-electron chi connectivity index (χ1n) is 12.6. The molecular weight excluding hydrogens is 360 g/mol. The van der Waals surface area contributed by atoms with E-state index in [1.54, 1.807) is 5.57 Å². The fourth-order valence-corrected chi connectivity index (χ4v) is 7.53.